The van der Waals surface area contributed by atoms with Crippen molar-refractivity contribution in [3.63, 3.8) is 0 Å². The van der Waals surface area contributed by atoms with E-state index >= 15 is 0 Å². The van der Waals surface area contributed by atoms with Gasteiger partial charge in [-0.1, -0.05) is 6.92 Å². The van der Waals surface area contributed by atoms with Crippen molar-refractivity contribution in [3.8, 4) is 0 Å². The standard InChI is InChI=1S/C13H18N2O4/c1-4-13(2,3)14-10(16)8-15-7-9(12(18)19)5-6-11(15)17/h5-7H,4,8H2,1-3H3,(H,14,16)(H,18,19). The normalized spacial score (nSPS) is 11.1. The van der Waals surface area contributed by atoms with E-state index in [2.05, 4.69) is 5.32 Å². The molecule has 6 nitrogen and oxygen atoms in total. The number of aromatic nitrogens is 1. The molecule has 1 heterocycles. The zero-order valence-corrected chi connectivity index (χ0v) is 11.3. The molecule has 1 amide bonds. The summed E-state index contributed by atoms with van der Waals surface area (Å²) in [5.74, 6) is -1.46. The quantitative estimate of drug-likeness (QED) is 0.827. The van der Waals surface area contributed by atoms with Gasteiger partial charge in [0, 0.05) is 17.8 Å². The Balaban J connectivity index is 2.88. The second-order valence-corrected chi connectivity index (χ2v) is 4.97. The van der Waals surface area contributed by atoms with Crippen molar-refractivity contribution in [1.82, 2.24) is 9.88 Å². The van der Waals surface area contributed by atoms with E-state index in [0.29, 0.717) is 0 Å². The molecule has 0 atom stereocenters. The molecule has 0 saturated carbocycles. The maximum atomic E-state index is 11.8. The maximum absolute atomic E-state index is 11.8. The molecule has 0 saturated heterocycles. The van der Waals surface area contributed by atoms with Gasteiger partial charge >= 0.3 is 5.97 Å². The average molecular weight is 266 g/mol. The Morgan fingerprint density at radius 2 is 2.00 bits per heavy atom. The molecular formula is C13H18N2O4. The molecule has 1 aromatic heterocycles. The first kappa shape index (κ1) is 14.9. The third-order valence-electron chi connectivity index (χ3n) is 2.91. The molecule has 0 bridgehead atoms. The van der Waals surface area contributed by atoms with Crippen LogP contribution in [0.1, 0.15) is 37.6 Å². The van der Waals surface area contributed by atoms with Crippen molar-refractivity contribution < 1.29 is 14.7 Å². The molecule has 19 heavy (non-hydrogen) atoms. The molecule has 6 heteroatoms. The number of carbonyl (C=O) groups excluding carboxylic acids is 1. The van der Waals surface area contributed by atoms with Crippen molar-refractivity contribution in [2.24, 2.45) is 0 Å². The van der Waals surface area contributed by atoms with E-state index in [1.165, 1.54) is 12.3 Å². The van der Waals surface area contributed by atoms with Gasteiger partial charge in [0.1, 0.15) is 6.54 Å². The molecule has 1 aromatic rings. The number of nitrogens with zero attached hydrogens (tertiary/aromatic N) is 1. The minimum absolute atomic E-state index is 0.0258. The highest BCUT2D eigenvalue weighted by molar-refractivity contribution is 5.87. The molecule has 0 fully saturated rings. The van der Waals surface area contributed by atoms with Gasteiger partial charge in [0.15, 0.2) is 0 Å². The van der Waals surface area contributed by atoms with Gasteiger partial charge in [0.05, 0.1) is 5.56 Å². The first-order valence-corrected chi connectivity index (χ1v) is 6.00. The van der Waals surface area contributed by atoms with Crippen LogP contribution in [0.2, 0.25) is 0 Å². The Morgan fingerprint density at radius 1 is 1.37 bits per heavy atom. The van der Waals surface area contributed by atoms with Crippen molar-refractivity contribution in [1.29, 1.82) is 0 Å². The van der Waals surface area contributed by atoms with Crippen LogP contribution in [0.25, 0.3) is 0 Å². The first-order valence-electron chi connectivity index (χ1n) is 6.00. The third kappa shape index (κ3) is 4.24. The van der Waals surface area contributed by atoms with E-state index in [-0.39, 0.29) is 23.6 Å². The Kier molecular flexibility index (Phi) is 4.47. The average Bonchev–Trinajstić information content (AvgIpc) is 2.31. The van der Waals surface area contributed by atoms with Crippen LogP contribution in [0.5, 0.6) is 0 Å². The predicted molar refractivity (Wildman–Crippen MR) is 70.2 cm³/mol. The van der Waals surface area contributed by atoms with Crippen LogP contribution in [0, 0.1) is 0 Å². The highest BCUT2D eigenvalue weighted by atomic mass is 16.4. The van der Waals surface area contributed by atoms with Gasteiger partial charge in [0.2, 0.25) is 5.91 Å². The summed E-state index contributed by atoms with van der Waals surface area (Å²) in [7, 11) is 0. The summed E-state index contributed by atoms with van der Waals surface area (Å²) in [5, 5.41) is 11.6. The van der Waals surface area contributed by atoms with E-state index in [4.69, 9.17) is 5.11 Å². The second kappa shape index (κ2) is 5.69. The van der Waals surface area contributed by atoms with Crippen molar-refractivity contribution >= 4 is 11.9 Å². The van der Waals surface area contributed by atoms with Crippen LogP contribution in [0.3, 0.4) is 0 Å². The lowest BCUT2D eigenvalue weighted by Gasteiger charge is -2.24. The minimum atomic E-state index is -1.14. The first-order chi connectivity index (χ1) is 8.75. The predicted octanol–water partition coefficient (Wildman–Crippen LogP) is 0.851. The van der Waals surface area contributed by atoms with Gasteiger partial charge in [-0.05, 0) is 26.3 Å². The van der Waals surface area contributed by atoms with Gasteiger partial charge in [0.25, 0.3) is 5.56 Å². The maximum Gasteiger partial charge on any atom is 0.337 e. The number of amides is 1. The number of rotatable bonds is 5. The Morgan fingerprint density at radius 3 is 2.53 bits per heavy atom. The number of hydrogen-bond donors (Lipinski definition) is 2. The summed E-state index contributed by atoms with van der Waals surface area (Å²) < 4.78 is 1.09. The molecule has 1 rings (SSSR count). The summed E-state index contributed by atoms with van der Waals surface area (Å²) in [5.41, 5.74) is -0.790. The zero-order valence-electron chi connectivity index (χ0n) is 11.3. The van der Waals surface area contributed by atoms with E-state index in [0.717, 1.165) is 17.1 Å². The van der Waals surface area contributed by atoms with E-state index in [9.17, 15) is 14.4 Å². The number of carboxylic acid groups (broad SMARTS) is 1. The number of aromatic carboxylic acids is 1. The molecule has 0 aromatic carbocycles. The van der Waals surface area contributed by atoms with Crippen LogP contribution < -0.4 is 10.9 Å². The summed E-state index contributed by atoms with van der Waals surface area (Å²) in [6.07, 6.45) is 1.92. The van der Waals surface area contributed by atoms with Gasteiger partial charge in [-0.15, -0.1) is 0 Å². The summed E-state index contributed by atoms with van der Waals surface area (Å²) in [6.45, 7) is 5.50. The second-order valence-electron chi connectivity index (χ2n) is 4.97. The summed E-state index contributed by atoms with van der Waals surface area (Å²) in [4.78, 5) is 34.2. The number of pyridine rings is 1. The molecule has 2 N–H and O–H groups in total. The van der Waals surface area contributed by atoms with Gasteiger partial charge in [-0.25, -0.2) is 4.79 Å². The molecule has 0 aliphatic carbocycles. The Hall–Kier alpha value is -2.11. The minimum Gasteiger partial charge on any atom is -0.478 e. The van der Waals surface area contributed by atoms with Crippen molar-refractivity contribution in [3.05, 3.63) is 34.2 Å². The topological polar surface area (TPSA) is 88.4 Å². The summed E-state index contributed by atoms with van der Waals surface area (Å²) in [6, 6.07) is 2.36. The van der Waals surface area contributed by atoms with Gasteiger partial charge < -0.3 is 15.0 Å². The SMILES string of the molecule is CCC(C)(C)NC(=O)Cn1cc(C(=O)O)ccc1=O. The smallest absolute Gasteiger partial charge is 0.337 e. The number of nitrogens with one attached hydrogen (secondary N) is 1. The van der Waals surface area contributed by atoms with Crippen molar-refractivity contribution in [2.45, 2.75) is 39.3 Å². The Bertz CT molecular complexity index is 546. The fraction of sp³-hybridized carbons (Fsp3) is 0.462. The fourth-order valence-corrected chi connectivity index (χ4v) is 1.44. The van der Waals surface area contributed by atoms with Gasteiger partial charge in [-0.2, -0.15) is 0 Å². The van der Waals surface area contributed by atoms with Crippen LogP contribution in [-0.4, -0.2) is 27.1 Å². The van der Waals surface area contributed by atoms with Crippen LogP contribution in [-0.2, 0) is 11.3 Å². The third-order valence-corrected chi connectivity index (χ3v) is 2.91. The lowest BCUT2D eigenvalue weighted by atomic mass is 10.0. The molecule has 0 aliphatic rings. The van der Waals surface area contributed by atoms with Gasteiger partial charge in [-0.3, -0.25) is 9.59 Å². The lowest BCUT2D eigenvalue weighted by Crippen LogP contribution is -2.45. The number of hydrogen-bond acceptors (Lipinski definition) is 3. The highest BCUT2D eigenvalue weighted by Crippen LogP contribution is 2.06. The van der Waals surface area contributed by atoms with Crippen molar-refractivity contribution in [2.75, 3.05) is 0 Å². The number of carboxylic acids is 1. The van der Waals surface area contributed by atoms with Crippen LogP contribution in [0.4, 0.5) is 0 Å². The van der Waals surface area contributed by atoms with Crippen LogP contribution >= 0.6 is 0 Å². The van der Waals surface area contributed by atoms with E-state index in [1.54, 1.807) is 0 Å². The highest BCUT2D eigenvalue weighted by Gasteiger charge is 2.18. The zero-order chi connectivity index (χ0) is 14.6. The molecular weight excluding hydrogens is 248 g/mol. The monoisotopic (exact) mass is 266 g/mol. The van der Waals surface area contributed by atoms with E-state index in [1.807, 2.05) is 20.8 Å². The summed E-state index contributed by atoms with van der Waals surface area (Å²) >= 11 is 0. The van der Waals surface area contributed by atoms with Crippen LogP contribution in [0.15, 0.2) is 23.1 Å². The molecule has 104 valence electrons. The molecule has 0 aliphatic heterocycles. The Labute approximate surface area is 111 Å². The van der Waals surface area contributed by atoms with E-state index < -0.39 is 11.5 Å². The lowest BCUT2D eigenvalue weighted by molar-refractivity contribution is -0.123. The number of carbonyl (C=O) groups is 2. The molecule has 0 unspecified atom stereocenters. The molecule has 0 spiro atoms. The largest absolute Gasteiger partial charge is 0.478 e. The fourth-order valence-electron chi connectivity index (χ4n) is 1.44. The molecule has 0 radical (unpaired) electrons.